The molecule has 12 heavy (non-hydrogen) atoms. The summed E-state index contributed by atoms with van der Waals surface area (Å²) >= 11 is 5.79. The van der Waals surface area contributed by atoms with Crippen LogP contribution in [-0.2, 0) is 0 Å². The molecule has 1 aromatic rings. The van der Waals surface area contributed by atoms with E-state index >= 15 is 0 Å². The molecule has 0 fully saturated rings. The molecular weight excluding hydrogens is 174 g/mol. The quantitative estimate of drug-likeness (QED) is 0.712. The molecule has 0 aliphatic rings. The third kappa shape index (κ3) is 1.84. The van der Waals surface area contributed by atoms with E-state index in [1.54, 1.807) is 31.2 Å². The lowest BCUT2D eigenvalue weighted by Gasteiger charge is -2.05. The minimum Gasteiger partial charge on any atom is -0.321 e. The van der Waals surface area contributed by atoms with Crippen LogP contribution in [-0.4, -0.2) is 11.8 Å². The van der Waals surface area contributed by atoms with Crippen LogP contribution in [0.2, 0.25) is 5.02 Å². The summed E-state index contributed by atoms with van der Waals surface area (Å²) in [6.45, 7) is 1.64. The Bertz CT molecular complexity index is 296. The van der Waals surface area contributed by atoms with Crippen molar-refractivity contribution in [1.29, 1.82) is 0 Å². The highest BCUT2D eigenvalue weighted by Crippen LogP contribution is 2.15. The summed E-state index contributed by atoms with van der Waals surface area (Å²) in [7, 11) is 0. The van der Waals surface area contributed by atoms with Crippen LogP contribution in [0.25, 0.3) is 0 Å². The molecule has 0 radical (unpaired) electrons. The van der Waals surface area contributed by atoms with Crippen molar-refractivity contribution in [3.8, 4) is 0 Å². The molecule has 1 rings (SSSR count). The van der Waals surface area contributed by atoms with E-state index in [2.05, 4.69) is 0 Å². The van der Waals surface area contributed by atoms with Crippen molar-refractivity contribution in [2.75, 3.05) is 0 Å². The third-order valence-electron chi connectivity index (χ3n) is 1.55. The van der Waals surface area contributed by atoms with Gasteiger partial charge >= 0.3 is 0 Å². The zero-order valence-electron chi connectivity index (χ0n) is 6.75. The molecule has 2 nitrogen and oxygen atoms in total. The van der Waals surface area contributed by atoms with Crippen LogP contribution in [0.15, 0.2) is 24.3 Å². The largest absolute Gasteiger partial charge is 0.321 e. The van der Waals surface area contributed by atoms with Gasteiger partial charge in [0.05, 0.1) is 11.1 Å². The number of hydrogen-bond acceptors (Lipinski definition) is 2. The van der Waals surface area contributed by atoms with Gasteiger partial charge in [0, 0.05) is 5.56 Å². The van der Waals surface area contributed by atoms with Gasteiger partial charge in [0.15, 0.2) is 5.78 Å². The Kier molecular flexibility index (Phi) is 2.84. The minimum absolute atomic E-state index is 0.124. The summed E-state index contributed by atoms with van der Waals surface area (Å²) in [5, 5.41) is 0.458. The second-order valence-corrected chi connectivity index (χ2v) is 3.04. The van der Waals surface area contributed by atoms with Crippen LogP contribution in [0.3, 0.4) is 0 Å². The van der Waals surface area contributed by atoms with E-state index in [1.165, 1.54) is 0 Å². The fourth-order valence-electron chi connectivity index (χ4n) is 0.906. The van der Waals surface area contributed by atoms with Crippen molar-refractivity contribution in [2.45, 2.75) is 13.0 Å². The highest BCUT2D eigenvalue weighted by atomic mass is 35.5. The number of benzene rings is 1. The zero-order valence-corrected chi connectivity index (χ0v) is 7.51. The Balaban J connectivity index is 3.03. The standard InChI is InChI=1S/C9H10ClNO/c1-6(11)9(12)7-4-2-3-5-8(7)10/h2-6H,11H2,1H3. The van der Waals surface area contributed by atoms with Gasteiger partial charge in [-0.2, -0.15) is 0 Å². The van der Waals surface area contributed by atoms with Crippen LogP contribution >= 0.6 is 11.6 Å². The van der Waals surface area contributed by atoms with Gasteiger partial charge in [-0.1, -0.05) is 23.7 Å². The van der Waals surface area contributed by atoms with Crippen LogP contribution < -0.4 is 5.73 Å². The third-order valence-corrected chi connectivity index (χ3v) is 1.88. The summed E-state index contributed by atoms with van der Waals surface area (Å²) < 4.78 is 0. The maximum Gasteiger partial charge on any atom is 0.180 e. The number of rotatable bonds is 2. The summed E-state index contributed by atoms with van der Waals surface area (Å²) in [5.41, 5.74) is 5.92. The van der Waals surface area contributed by atoms with E-state index in [0.717, 1.165) is 0 Å². The molecule has 1 unspecified atom stereocenters. The van der Waals surface area contributed by atoms with E-state index in [1.807, 2.05) is 0 Å². The summed E-state index contributed by atoms with van der Waals surface area (Å²) in [6, 6.07) is 6.40. The second-order valence-electron chi connectivity index (χ2n) is 2.63. The number of carbonyl (C=O) groups excluding carboxylic acids is 1. The average molecular weight is 184 g/mol. The van der Waals surface area contributed by atoms with Gasteiger partial charge in [-0.25, -0.2) is 0 Å². The molecule has 0 amide bonds. The molecule has 0 saturated heterocycles. The molecule has 1 atom stereocenters. The minimum atomic E-state index is -0.495. The molecule has 2 N–H and O–H groups in total. The molecular formula is C9H10ClNO. The first kappa shape index (κ1) is 9.23. The SMILES string of the molecule is CC(N)C(=O)c1ccccc1Cl. The number of nitrogens with two attached hydrogens (primary N) is 1. The van der Waals surface area contributed by atoms with Crippen molar-refractivity contribution in [3.05, 3.63) is 34.9 Å². The predicted molar refractivity (Wildman–Crippen MR) is 49.4 cm³/mol. The van der Waals surface area contributed by atoms with Gasteiger partial charge in [-0.3, -0.25) is 4.79 Å². The first-order chi connectivity index (χ1) is 5.63. The van der Waals surface area contributed by atoms with E-state index < -0.39 is 6.04 Å². The maximum atomic E-state index is 11.4. The molecule has 1 aromatic carbocycles. The average Bonchev–Trinajstić information content (AvgIpc) is 2.04. The first-order valence-corrected chi connectivity index (χ1v) is 4.05. The van der Waals surface area contributed by atoms with Crippen LogP contribution in [0.1, 0.15) is 17.3 Å². The van der Waals surface area contributed by atoms with E-state index in [0.29, 0.717) is 10.6 Å². The molecule has 0 bridgehead atoms. The second kappa shape index (κ2) is 3.70. The molecule has 0 aromatic heterocycles. The predicted octanol–water partition coefficient (Wildman–Crippen LogP) is 1.87. The number of carbonyl (C=O) groups is 1. The molecule has 64 valence electrons. The lowest BCUT2D eigenvalue weighted by Crippen LogP contribution is -2.26. The fraction of sp³-hybridized carbons (Fsp3) is 0.222. The first-order valence-electron chi connectivity index (χ1n) is 3.67. The van der Waals surface area contributed by atoms with Gasteiger partial charge in [-0.05, 0) is 19.1 Å². The van der Waals surface area contributed by atoms with Gasteiger partial charge in [-0.15, -0.1) is 0 Å². The lowest BCUT2D eigenvalue weighted by atomic mass is 10.1. The smallest absolute Gasteiger partial charge is 0.180 e. The number of halogens is 1. The van der Waals surface area contributed by atoms with Crippen molar-refractivity contribution >= 4 is 17.4 Å². The van der Waals surface area contributed by atoms with E-state index in [9.17, 15) is 4.79 Å². The lowest BCUT2D eigenvalue weighted by molar-refractivity contribution is 0.0968. The Morgan fingerprint density at radius 1 is 1.50 bits per heavy atom. The normalized spacial score (nSPS) is 12.6. The van der Waals surface area contributed by atoms with Crippen LogP contribution in [0.4, 0.5) is 0 Å². The van der Waals surface area contributed by atoms with E-state index in [-0.39, 0.29) is 5.78 Å². The van der Waals surface area contributed by atoms with Gasteiger partial charge < -0.3 is 5.73 Å². The summed E-state index contributed by atoms with van der Waals surface area (Å²) in [6.07, 6.45) is 0. The topological polar surface area (TPSA) is 43.1 Å². The highest BCUT2D eigenvalue weighted by molar-refractivity contribution is 6.34. The Morgan fingerprint density at radius 3 is 2.58 bits per heavy atom. The van der Waals surface area contributed by atoms with Gasteiger partial charge in [0.2, 0.25) is 0 Å². The van der Waals surface area contributed by atoms with Crippen molar-refractivity contribution < 1.29 is 4.79 Å². The van der Waals surface area contributed by atoms with Crippen molar-refractivity contribution in [1.82, 2.24) is 0 Å². The fourth-order valence-corrected chi connectivity index (χ4v) is 1.14. The number of hydrogen-bond donors (Lipinski definition) is 1. The van der Waals surface area contributed by atoms with Gasteiger partial charge in [0.1, 0.15) is 0 Å². The Morgan fingerprint density at radius 2 is 2.08 bits per heavy atom. The van der Waals surface area contributed by atoms with Crippen molar-refractivity contribution in [3.63, 3.8) is 0 Å². The van der Waals surface area contributed by atoms with Crippen LogP contribution in [0.5, 0.6) is 0 Å². The number of ketones is 1. The molecule has 0 heterocycles. The summed E-state index contributed by atoms with van der Waals surface area (Å²) in [4.78, 5) is 11.4. The maximum absolute atomic E-state index is 11.4. The molecule has 3 heteroatoms. The molecule has 0 saturated carbocycles. The Labute approximate surface area is 76.3 Å². The number of Topliss-reactive ketones (excluding diaryl/α,β-unsaturated/α-hetero) is 1. The zero-order chi connectivity index (χ0) is 9.14. The van der Waals surface area contributed by atoms with Gasteiger partial charge in [0.25, 0.3) is 0 Å². The molecule has 0 aliphatic heterocycles. The monoisotopic (exact) mass is 183 g/mol. The molecule has 0 aliphatic carbocycles. The van der Waals surface area contributed by atoms with Crippen LogP contribution in [0, 0.1) is 0 Å². The molecule has 0 spiro atoms. The van der Waals surface area contributed by atoms with E-state index in [4.69, 9.17) is 17.3 Å². The summed E-state index contributed by atoms with van der Waals surface area (Å²) in [5.74, 6) is -0.124. The van der Waals surface area contributed by atoms with Crippen molar-refractivity contribution in [2.24, 2.45) is 5.73 Å². The highest BCUT2D eigenvalue weighted by Gasteiger charge is 2.12. The Hall–Kier alpha value is -0.860.